The van der Waals surface area contributed by atoms with E-state index >= 15 is 0 Å². The zero-order valence-corrected chi connectivity index (χ0v) is 12.1. The summed E-state index contributed by atoms with van der Waals surface area (Å²) in [5.41, 5.74) is 5.41. The summed E-state index contributed by atoms with van der Waals surface area (Å²) >= 11 is 0. The van der Waals surface area contributed by atoms with Gasteiger partial charge in [0.15, 0.2) is 0 Å². The molecule has 1 rings (SSSR count). The second kappa shape index (κ2) is 7.41. The summed E-state index contributed by atoms with van der Waals surface area (Å²) in [7, 11) is -2.64. The Morgan fingerprint density at radius 3 is 2.06 bits per heavy atom. The van der Waals surface area contributed by atoms with Crippen molar-refractivity contribution >= 4 is 14.8 Å². The van der Waals surface area contributed by atoms with Crippen molar-refractivity contribution in [3.63, 3.8) is 0 Å². The minimum absolute atomic E-state index is 0.159. The first-order chi connectivity index (χ1) is 8.65. The Morgan fingerprint density at radius 2 is 1.67 bits per heavy atom. The minimum Gasteiger partial charge on any atom is -0.374 e. The number of nitrogen functional groups attached to an aromatic ring is 1. The summed E-state index contributed by atoms with van der Waals surface area (Å²) in [6.07, 6.45) is 0. The molecule has 8 nitrogen and oxygen atoms in total. The molecule has 0 atom stereocenters. The number of tetrazole rings is 1. The van der Waals surface area contributed by atoms with Crippen molar-refractivity contribution in [1.82, 2.24) is 20.2 Å². The lowest BCUT2D eigenvalue weighted by atomic mass is 10.8. The van der Waals surface area contributed by atoms with Gasteiger partial charge >= 0.3 is 8.80 Å². The molecule has 0 aliphatic rings. The van der Waals surface area contributed by atoms with Crippen molar-refractivity contribution in [2.45, 2.75) is 33.4 Å². The van der Waals surface area contributed by atoms with Crippen LogP contribution in [0.1, 0.15) is 20.8 Å². The highest BCUT2D eigenvalue weighted by Crippen LogP contribution is 2.16. The molecule has 0 spiro atoms. The van der Waals surface area contributed by atoms with Crippen LogP contribution >= 0.6 is 0 Å². The SMILES string of the molecule is CCO[Si](CCn1nnc(N)n1)(OCC)OCC. The molecule has 0 aliphatic heterocycles. The van der Waals surface area contributed by atoms with E-state index in [1.807, 2.05) is 20.8 Å². The summed E-state index contributed by atoms with van der Waals surface area (Å²) in [5.74, 6) is 0.159. The van der Waals surface area contributed by atoms with Gasteiger partial charge in [-0.15, -0.1) is 5.10 Å². The number of nitrogens with two attached hydrogens (primary N) is 1. The molecule has 0 aliphatic carbocycles. The number of aromatic nitrogens is 4. The van der Waals surface area contributed by atoms with Gasteiger partial charge in [0.25, 0.3) is 5.95 Å². The van der Waals surface area contributed by atoms with Gasteiger partial charge in [-0.1, -0.05) is 5.10 Å². The van der Waals surface area contributed by atoms with Gasteiger partial charge in [0.05, 0.1) is 6.54 Å². The topological polar surface area (TPSA) is 97.3 Å². The predicted octanol–water partition coefficient (Wildman–Crippen LogP) is 0.304. The van der Waals surface area contributed by atoms with Crippen LogP contribution in [-0.2, 0) is 19.8 Å². The molecule has 9 heteroatoms. The van der Waals surface area contributed by atoms with E-state index in [0.29, 0.717) is 32.4 Å². The Bertz CT molecular complexity index is 332. The molecule has 1 heterocycles. The van der Waals surface area contributed by atoms with E-state index in [-0.39, 0.29) is 5.95 Å². The van der Waals surface area contributed by atoms with Crippen LogP contribution in [0.15, 0.2) is 0 Å². The smallest absolute Gasteiger partial charge is 0.374 e. The first-order valence-electron chi connectivity index (χ1n) is 6.11. The highest BCUT2D eigenvalue weighted by Gasteiger charge is 2.40. The van der Waals surface area contributed by atoms with Crippen LogP contribution in [0.3, 0.4) is 0 Å². The molecule has 0 unspecified atom stereocenters. The molecule has 0 saturated carbocycles. The fourth-order valence-electron chi connectivity index (χ4n) is 1.59. The largest absolute Gasteiger partial charge is 0.502 e. The molecule has 1 aromatic rings. The van der Waals surface area contributed by atoms with Crippen LogP contribution in [-0.4, -0.2) is 48.8 Å². The molecule has 0 bridgehead atoms. The van der Waals surface area contributed by atoms with Gasteiger partial charge in [0.2, 0.25) is 0 Å². The third-order valence-corrected chi connectivity index (χ3v) is 5.20. The molecule has 0 radical (unpaired) electrons. The Kier molecular flexibility index (Phi) is 6.19. The summed E-state index contributed by atoms with van der Waals surface area (Å²) in [4.78, 5) is 1.42. The molecule has 0 saturated heterocycles. The summed E-state index contributed by atoms with van der Waals surface area (Å²) in [6, 6.07) is 0.596. The van der Waals surface area contributed by atoms with Gasteiger partial charge in [0.1, 0.15) is 0 Å². The van der Waals surface area contributed by atoms with Crippen molar-refractivity contribution in [1.29, 1.82) is 0 Å². The van der Waals surface area contributed by atoms with E-state index in [2.05, 4.69) is 15.4 Å². The van der Waals surface area contributed by atoms with Crippen LogP contribution in [0.2, 0.25) is 6.04 Å². The summed E-state index contributed by atoms with van der Waals surface area (Å²) in [5, 5.41) is 11.3. The number of anilines is 1. The van der Waals surface area contributed by atoms with Crippen molar-refractivity contribution in [2.24, 2.45) is 0 Å². The zero-order valence-electron chi connectivity index (χ0n) is 11.1. The number of aryl methyl sites for hydroxylation is 1. The van der Waals surface area contributed by atoms with Crippen LogP contribution in [0.25, 0.3) is 0 Å². The number of nitrogens with zero attached hydrogens (tertiary/aromatic N) is 4. The maximum atomic E-state index is 5.71. The van der Waals surface area contributed by atoms with Gasteiger partial charge in [-0.3, -0.25) is 0 Å². The van der Waals surface area contributed by atoms with Crippen LogP contribution in [0.5, 0.6) is 0 Å². The molecular weight excluding hydrogens is 254 g/mol. The molecule has 2 N–H and O–H groups in total. The average molecular weight is 275 g/mol. The van der Waals surface area contributed by atoms with Crippen molar-refractivity contribution < 1.29 is 13.3 Å². The highest BCUT2D eigenvalue weighted by atomic mass is 28.4. The summed E-state index contributed by atoms with van der Waals surface area (Å²) in [6.45, 7) is 7.94. The molecule has 0 amide bonds. The van der Waals surface area contributed by atoms with Gasteiger partial charge in [-0.05, 0) is 26.0 Å². The van der Waals surface area contributed by atoms with E-state index < -0.39 is 8.80 Å². The van der Waals surface area contributed by atoms with Gasteiger partial charge in [0, 0.05) is 25.9 Å². The Balaban J connectivity index is 2.63. The number of rotatable bonds is 9. The van der Waals surface area contributed by atoms with Crippen molar-refractivity contribution in [2.75, 3.05) is 25.6 Å². The number of hydrogen-bond donors (Lipinski definition) is 1. The standard InChI is InChI=1S/C9H21N5O3Si/c1-4-15-18(16-5-2,17-6-3)8-7-14-12-9(10)11-13-14/h4-8H2,1-3H3,(H2,10,12). The molecule has 18 heavy (non-hydrogen) atoms. The molecule has 1 aromatic heterocycles. The summed E-state index contributed by atoms with van der Waals surface area (Å²) < 4.78 is 17.1. The lowest BCUT2D eigenvalue weighted by molar-refractivity contribution is 0.0696. The zero-order chi connectivity index (χ0) is 13.4. The van der Waals surface area contributed by atoms with Gasteiger partial charge in [-0.2, -0.15) is 4.80 Å². The van der Waals surface area contributed by atoms with Crippen LogP contribution in [0, 0.1) is 0 Å². The fraction of sp³-hybridized carbons (Fsp3) is 0.889. The van der Waals surface area contributed by atoms with Crippen LogP contribution in [0.4, 0.5) is 5.95 Å². The third kappa shape index (κ3) is 4.33. The van der Waals surface area contributed by atoms with E-state index in [4.69, 9.17) is 19.0 Å². The Labute approximate surface area is 108 Å². The fourth-order valence-corrected chi connectivity index (χ4v) is 4.06. The monoisotopic (exact) mass is 275 g/mol. The van der Waals surface area contributed by atoms with E-state index in [1.165, 1.54) is 4.80 Å². The maximum Gasteiger partial charge on any atom is 0.502 e. The van der Waals surface area contributed by atoms with E-state index in [0.717, 1.165) is 0 Å². The molecule has 0 fully saturated rings. The van der Waals surface area contributed by atoms with Crippen molar-refractivity contribution in [3.8, 4) is 0 Å². The average Bonchev–Trinajstić information content (AvgIpc) is 2.74. The lowest BCUT2D eigenvalue weighted by Gasteiger charge is -2.28. The first kappa shape index (κ1) is 15.0. The van der Waals surface area contributed by atoms with E-state index in [1.54, 1.807) is 0 Å². The third-order valence-electron chi connectivity index (χ3n) is 2.18. The molecule has 0 aromatic carbocycles. The second-order valence-electron chi connectivity index (χ2n) is 3.48. The number of hydrogen-bond acceptors (Lipinski definition) is 7. The minimum atomic E-state index is -2.64. The quantitative estimate of drug-likeness (QED) is 0.647. The normalized spacial score (nSPS) is 11.9. The Hall–Kier alpha value is -1.03. The predicted molar refractivity (Wildman–Crippen MR) is 67.7 cm³/mol. The maximum absolute atomic E-state index is 5.71. The van der Waals surface area contributed by atoms with Gasteiger partial charge < -0.3 is 19.0 Å². The van der Waals surface area contributed by atoms with E-state index in [9.17, 15) is 0 Å². The highest BCUT2D eigenvalue weighted by molar-refractivity contribution is 6.60. The van der Waals surface area contributed by atoms with Crippen LogP contribution < -0.4 is 5.73 Å². The second-order valence-corrected chi connectivity index (χ2v) is 6.21. The molecular formula is C9H21N5O3Si. The first-order valence-corrected chi connectivity index (χ1v) is 8.04. The van der Waals surface area contributed by atoms with Gasteiger partial charge in [-0.25, -0.2) is 0 Å². The Morgan fingerprint density at radius 1 is 1.11 bits per heavy atom. The molecule has 104 valence electrons. The lowest BCUT2D eigenvalue weighted by Crippen LogP contribution is -2.46. The van der Waals surface area contributed by atoms with Crippen molar-refractivity contribution in [3.05, 3.63) is 0 Å².